The Bertz CT molecular complexity index is 596. The molecule has 0 radical (unpaired) electrons. The van der Waals surface area contributed by atoms with Crippen molar-refractivity contribution in [2.45, 2.75) is 18.2 Å². The van der Waals surface area contributed by atoms with Gasteiger partial charge in [-0.3, -0.25) is 0 Å². The van der Waals surface area contributed by atoms with Gasteiger partial charge in [-0.2, -0.15) is 9.57 Å². The molecule has 5 nitrogen and oxygen atoms in total. The van der Waals surface area contributed by atoms with E-state index in [1.807, 2.05) is 6.07 Å². The first kappa shape index (κ1) is 16.6. The number of hydrogen-bond donors (Lipinski definition) is 0. The fourth-order valence-corrected chi connectivity index (χ4v) is 3.39. The Morgan fingerprint density at radius 2 is 2.10 bits per heavy atom. The van der Waals surface area contributed by atoms with E-state index in [2.05, 4.69) is 0 Å². The summed E-state index contributed by atoms with van der Waals surface area (Å²) >= 11 is 0. The summed E-state index contributed by atoms with van der Waals surface area (Å²) in [6.07, 6.45) is 0.0865. The van der Waals surface area contributed by atoms with E-state index in [0.717, 1.165) is 6.07 Å². The summed E-state index contributed by atoms with van der Waals surface area (Å²) in [5.41, 5.74) is 0.337. The van der Waals surface area contributed by atoms with Crippen molar-refractivity contribution >= 4 is 10.0 Å². The first-order chi connectivity index (χ1) is 9.43. The molecule has 110 valence electrons. The van der Waals surface area contributed by atoms with Gasteiger partial charge in [-0.15, -0.1) is 0 Å². The summed E-state index contributed by atoms with van der Waals surface area (Å²) in [7, 11) is -2.29. The van der Waals surface area contributed by atoms with Crippen LogP contribution in [0.25, 0.3) is 0 Å². The highest BCUT2D eigenvalue weighted by Crippen LogP contribution is 2.20. The molecule has 0 saturated heterocycles. The van der Waals surface area contributed by atoms with E-state index < -0.39 is 15.8 Å². The zero-order valence-corrected chi connectivity index (χ0v) is 12.3. The van der Waals surface area contributed by atoms with Gasteiger partial charge in [0.25, 0.3) is 0 Å². The number of sulfonamides is 1. The lowest BCUT2D eigenvalue weighted by atomic mass is 10.2. The summed E-state index contributed by atoms with van der Waals surface area (Å²) < 4.78 is 44.2. The van der Waals surface area contributed by atoms with Crippen LogP contribution in [0.4, 0.5) is 4.39 Å². The molecule has 0 aliphatic rings. The highest BCUT2D eigenvalue weighted by Gasteiger charge is 2.25. The molecule has 0 aliphatic heterocycles. The number of halogens is 1. The van der Waals surface area contributed by atoms with Gasteiger partial charge in [-0.25, -0.2) is 12.8 Å². The monoisotopic (exact) mass is 300 g/mol. The van der Waals surface area contributed by atoms with Gasteiger partial charge in [0.2, 0.25) is 10.0 Å². The Morgan fingerprint density at radius 1 is 1.40 bits per heavy atom. The number of rotatable bonds is 7. The predicted octanol–water partition coefficient (Wildman–Crippen LogP) is 1.68. The van der Waals surface area contributed by atoms with Crippen LogP contribution in [-0.4, -0.2) is 39.5 Å². The van der Waals surface area contributed by atoms with Crippen molar-refractivity contribution in [2.24, 2.45) is 0 Å². The minimum atomic E-state index is -3.76. The first-order valence-corrected chi connectivity index (χ1v) is 7.49. The number of ether oxygens (including phenoxy) is 1. The lowest BCUT2D eigenvalue weighted by molar-refractivity contribution is 0.179. The molecule has 0 spiro atoms. The first-order valence-electron chi connectivity index (χ1n) is 6.05. The molecule has 0 heterocycles. The molecule has 0 amide bonds. The molecule has 0 bridgehead atoms. The third kappa shape index (κ3) is 4.00. The van der Waals surface area contributed by atoms with Crippen molar-refractivity contribution < 1.29 is 17.5 Å². The minimum absolute atomic E-state index is 0.0490. The van der Waals surface area contributed by atoms with Gasteiger partial charge in [-0.1, -0.05) is 0 Å². The molecule has 0 unspecified atom stereocenters. The number of methoxy groups -OCH3 is 1. The number of nitriles is 1. The van der Waals surface area contributed by atoms with Crippen molar-refractivity contribution in [1.82, 2.24) is 4.31 Å². The molecule has 7 heteroatoms. The fraction of sp³-hybridized carbons (Fsp3) is 0.462. The topological polar surface area (TPSA) is 70.4 Å². The summed E-state index contributed by atoms with van der Waals surface area (Å²) in [4.78, 5) is 0.0490. The maximum Gasteiger partial charge on any atom is 0.243 e. The van der Waals surface area contributed by atoms with E-state index in [1.54, 1.807) is 0 Å². The Labute approximate surface area is 118 Å². The molecule has 0 fully saturated rings. The van der Waals surface area contributed by atoms with Crippen LogP contribution in [0.2, 0.25) is 0 Å². The van der Waals surface area contributed by atoms with E-state index in [-0.39, 0.29) is 31.0 Å². The minimum Gasteiger partial charge on any atom is -0.383 e. The van der Waals surface area contributed by atoms with Crippen LogP contribution >= 0.6 is 0 Å². The van der Waals surface area contributed by atoms with Crippen molar-refractivity contribution in [3.05, 3.63) is 29.6 Å². The molecule has 0 aliphatic carbocycles. The molecule has 1 rings (SSSR count). The molecule has 0 atom stereocenters. The number of aryl methyl sites for hydroxylation is 1. The molecule has 1 aromatic carbocycles. The van der Waals surface area contributed by atoms with E-state index >= 15 is 0 Å². The third-order valence-electron chi connectivity index (χ3n) is 2.77. The largest absolute Gasteiger partial charge is 0.383 e. The van der Waals surface area contributed by atoms with Crippen LogP contribution < -0.4 is 0 Å². The van der Waals surface area contributed by atoms with Crippen LogP contribution in [0.15, 0.2) is 23.1 Å². The number of benzene rings is 1. The fourth-order valence-electron chi connectivity index (χ4n) is 1.76. The van der Waals surface area contributed by atoms with E-state index in [9.17, 15) is 12.8 Å². The van der Waals surface area contributed by atoms with Gasteiger partial charge in [0.05, 0.1) is 17.6 Å². The average molecular weight is 300 g/mol. The lowest BCUT2D eigenvalue weighted by Crippen LogP contribution is -2.35. The second kappa shape index (κ2) is 7.33. The second-order valence-electron chi connectivity index (χ2n) is 4.21. The van der Waals surface area contributed by atoms with Crippen molar-refractivity contribution in [3.63, 3.8) is 0 Å². The van der Waals surface area contributed by atoms with Gasteiger partial charge >= 0.3 is 0 Å². The Kier molecular flexibility index (Phi) is 6.07. The van der Waals surface area contributed by atoms with E-state index in [0.29, 0.717) is 5.56 Å². The highest BCUT2D eigenvalue weighted by atomic mass is 32.2. The zero-order chi connectivity index (χ0) is 15.2. The second-order valence-corrected chi connectivity index (χ2v) is 6.12. The van der Waals surface area contributed by atoms with Gasteiger partial charge < -0.3 is 4.74 Å². The Balaban J connectivity index is 3.11. The zero-order valence-electron chi connectivity index (χ0n) is 11.5. The van der Waals surface area contributed by atoms with Gasteiger partial charge in [-0.05, 0) is 30.7 Å². The molecular weight excluding hydrogens is 283 g/mol. The van der Waals surface area contributed by atoms with Crippen molar-refractivity contribution in [3.8, 4) is 6.07 Å². The molecule has 0 aromatic heterocycles. The summed E-state index contributed by atoms with van der Waals surface area (Å²) in [5.74, 6) is -0.484. The summed E-state index contributed by atoms with van der Waals surface area (Å²) in [6.45, 7) is 2.00. The molecular formula is C13H17FN2O3S. The van der Waals surface area contributed by atoms with Crippen LogP contribution in [0.3, 0.4) is 0 Å². The van der Waals surface area contributed by atoms with Crippen LogP contribution in [0, 0.1) is 24.1 Å². The van der Waals surface area contributed by atoms with Crippen LogP contribution in [-0.2, 0) is 14.8 Å². The third-order valence-corrected chi connectivity index (χ3v) is 4.83. The standard InChI is InChI=1S/C13H17FN2O3S/c1-11-10-12(14)4-5-13(11)20(17,18)16(7-3-6-15)8-9-19-2/h4-5,10H,3,7-9H2,1-2H3. The van der Waals surface area contributed by atoms with Crippen LogP contribution in [0.1, 0.15) is 12.0 Å². The van der Waals surface area contributed by atoms with Crippen molar-refractivity contribution in [1.29, 1.82) is 5.26 Å². The SMILES string of the molecule is COCCN(CCC#N)S(=O)(=O)c1ccc(F)cc1C. The maximum atomic E-state index is 13.1. The molecule has 1 aromatic rings. The average Bonchev–Trinajstić information content (AvgIpc) is 2.38. The number of nitrogens with zero attached hydrogens (tertiary/aromatic N) is 2. The van der Waals surface area contributed by atoms with E-state index in [1.165, 1.54) is 30.5 Å². The van der Waals surface area contributed by atoms with E-state index in [4.69, 9.17) is 10.00 Å². The molecule has 0 N–H and O–H groups in total. The maximum absolute atomic E-state index is 13.1. The van der Waals surface area contributed by atoms with Gasteiger partial charge in [0, 0.05) is 26.6 Å². The predicted molar refractivity (Wildman–Crippen MR) is 72.0 cm³/mol. The normalized spacial score (nSPS) is 11.6. The van der Waals surface area contributed by atoms with Crippen molar-refractivity contribution in [2.75, 3.05) is 26.8 Å². The Hall–Kier alpha value is -1.49. The molecule has 0 saturated carbocycles. The molecule has 20 heavy (non-hydrogen) atoms. The van der Waals surface area contributed by atoms with Crippen LogP contribution in [0.5, 0.6) is 0 Å². The van der Waals surface area contributed by atoms with Gasteiger partial charge in [0.1, 0.15) is 5.82 Å². The number of hydrogen-bond acceptors (Lipinski definition) is 4. The van der Waals surface area contributed by atoms with Gasteiger partial charge in [0.15, 0.2) is 0 Å². The lowest BCUT2D eigenvalue weighted by Gasteiger charge is -2.21. The highest BCUT2D eigenvalue weighted by molar-refractivity contribution is 7.89. The quantitative estimate of drug-likeness (QED) is 0.768. The smallest absolute Gasteiger partial charge is 0.243 e. The summed E-state index contributed by atoms with van der Waals surface area (Å²) in [6, 6.07) is 5.44. The summed E-state index contributed by atoms with van der Waals surface area (Å²) in [5, 5.41) is 8.62. The Morgan fingerprint density at radius 3 is 2.65 bits per heavy atom.